The van der Waals surface area contributed by atoms with E-state index in [1.807, 2.05) is 0 Å². The van der Waals surface area contributed by atoms with Gasteiger partial charge < -0.3 is 24.8 Å². The summed E-state index contributed by atoms with van der Waals surface area (Å²) in [6, 6.07) is 0. The predicted molar refractivity (Wildman–Crippen MR) is 87.7 cm³/mol. The van der Waals surface area contributed by atoms with Crippen molar-refractivity contribution in [1.29, 1.82) is 0 Å². The largest absolute Gasteiger partial charge is 1.00 e. The van der Waals surface area contributed by atoms with Crippen molar-refractivity contribution >= 4 is 20.4 Å². The van der Waals surface area contributed by atoms with Gasteiger partial charge in [0.25, 0.3) is 0 Å². The van der Waals surface area contributed by atoms with Crippen LogP contribution in [0, 0.1) is 0 Å². The molecule has 6 heteroatoms. The van der Waals surface area contributed by atoms with Crippen molar-refractivity contribution in [3.8, 4) is 0 Å². The molecule has 0 aliphatic heterocycles. The van der Waals surface area contributed by atoms with Gasteiger partial charge in [0.2, 0.25) is 0 Å². The Balaban J connectivity index is 0.00000220. The summed E-state index contributed by atoms with van der Waals surface area (Å²) >= 11 is 3.96. The average molecular weight is 410 g/mol. The molecule has 1 nitrogen and oxygen atoms in total. The van der Waals surface area contributed by atoms with Gasteiger partial charge in [0, 0.05) is 0 Å². The predicted octanol–water partition coefficient (Wildman–Crippen LogP) is -0.710. The van der Waals surface area contributed by atoms with Crippen LogP contribution in [0.3, 0.4) is 0 Å². The van der Waals surface area contributed by atoms with Crippen molar-refractivity contribution in [2.24, 2.45) is 0 Å². The average Bonchev–Trinajstić information content (AvgIpc) is 2.75. The number of hydrogen-bond donors (Lipinski definition) is 0. The molecule has 121 valence electrons. The number of rotatable bonds is 4. The molecule has 0 radical (unpaired) electrons. The fourth-order valence-corrected chi connectivity index (χ4v) is 5.51. The van der Waals surface area contributed by atoms with Crippen LogP contribution in [-0.4, -0.2) is 13.1 Å². The van der Waals surface area contributed by atoms with Crippen molar-refractivity contribution in [2.45, 2.75) is 51.1 Å². The molecule has 0 saturated carbocycles. The van der Waals surface area contributed by atoms with E-state index in [1.54, 1.807) is 12.0 Å². The summed E-state index contributed by atoms with van der Waals surface area (Å²) in [7, 11) is -1.54. The molecule has 0 bridgehead atoms. The minimum atomic E-state index is -1.54. The Morgan fingerprint density at radius 1 is 1.23 bits per heavy atom. The monoisotopic (exact) mass is 409 g/mol. The molecule has 0 saturated heterocycles. The molecule has 0 aromatic carbocycles. The van der Waals surface area contributed by atoms with Gasteiger partial charge >= 0.3 is 141 Å². The molecular formula is C16H23Cl2OSSiTi. The topological polar surface area (TPSA) is 9.23 Å². The minimum absolute atomic E-state index is 0. The van der Waals surface area contributed by atoms with E-state index in [4.69, 9.17) is 3.87 Å². The summed E-state index contributed by atoms with van der Waals surface area (Å²) in [5.41, 5.74) is 4.24. The summed E-state index contributed by atoms with van der Waals surface area (Å²) in [5.74, 6) is 0. The van der Waals surface area contributed by atoms with Crippen molar-refractivity contribution in [1.82, 2.24) is 0 Å². The third-order valence-corrected chi connectivity index (χ3v) is 7.66. The van der Waals surface area contributed by atoms with E-state index in [2.05, 4.69) is 78.2 Å². The Hall–Kier alpha value is 0.781. The second kappa shape index (κ2) is 8.75. The van der Waals surface area contributed by atoms with Gasteiger partial charge in [-0.15, -0.1) is 0 Å². The Kier molecular flexibility index (Phi) is 9.06. The molecule has 22 heavy (non-hydrogen) atoms. The summed E-state index contributed by atoms with van der Waals surface area (Å²) in [6.45, 7) is 11.2. The fourth-order valence-electron chi connectivity index (χ4n) is 2.53. The number of allylic oxidation sites excluding steroid dienone is 6. The molecule has 0 amide bonds. The Morgan fingerprint density at radius 3 is 2.32 bits per heavy atom. The molecule has 0 spiro atoms. The third-order valence-electron chi connectivity index (χ3n) is 3.59. The molecule has 0 heterocycles. The van der Waals surface area contributed by atoms with Gasteiger partial charge in [0.05, 0.1) is 0 Å². The van der Waals surface area contributed by atoms with Crippen molar-refractivity contribution < 1.29 is 49.1 Å². The van der Waals surface area contributed by atoms with E-state index < -0.39 is 8.32 Å². The molecule has 0 aromatic rings. The van der Waals surface area contributed by atoms with Crippen molar-refractivity contribution in [3.05, 3.63) is 44.9 Å². The molecule has 0 N–H and O–H groups in total. The van der Waals surface area contributed by atoms with Gasteiger partial charge in [-0.05, 0) is 0 Å². The number of hydrogen-bond acceptors (Lipinski definition) is 2. The maximum atomic E-state index is 6.26. The van der Waals surface area contributed by atoms with Gasteiger partial charge in [-0.25, -0.2) is 0 Å². The molecular weight excluding hydrogens is 387 g/mol. The molecule has 1 atom stereocenters. The Labute approximate surface area is 164 Å². The van der Waals surface area contributed by atoms with Gasteiger partial charge in [-0.3, -0.25) is 0 Å². The molecule has 2 aliphatic carbocycles. The Bertz CT molecular complexity index is 535. The first-order valence-electron chi connectivity index (χ1n) is 7.09. The number of halogens is 2. The summed E-state index contributed by atoms with van der Waals surface area (Å²) in [5, 5.41) is 0. The zero-order chi connectivity index (χ0) is 15.0. The fraction of sp³-hybridized carbons (Fsp3) is 0.500. The van der Waals surface area contributed by atoms with Crippen molar-refractivity contribution in [2.75, 3.05) is 0 Å². The van der Waals surface area contributed by atoms with Crippen LogP contribution in [0.15, 0.2) is 44.9 Å². The van der Waals surface area contributed by atoms with Crippen LogP contribution in [0.1, 0.15) is 26.7 Å². The normalized spacial score (nSPS) is 24.5. The standard InChI is InChI=1S/C16H23OSSi.2ClH.Ti/c1-13-10-11-16(14(2)12-13,15-8-6-7-9-15)18-17-19(3,4)5;;;/h6,8,10,12H,7,11H2,1-5H3;2*1H;/q;;;+2/p-2. The summed E-state index contributed by atoms with van der Waals surface area (Å²) in [6.07, 6.45) is 11.4. The quantitative estimate of drug-likeness (QED) is 0.448. The van der Waals surface area contributed by atoms with Crippen LogP contribution in [-0.2, 0) is 24.3 Å². The molecule has 2 rings (SSSR count). The molecule has 2 aliphatic rings. The third kappa shape index (κ3) is 5.14. The van der Waals surface area contributed by atoms with E-state index in [9.17, 15) is 0 Å². The van der Waals surface area contributed by atoms with Crippen LogP contribution >= 0.6 is 12.0 Å². The van der Waals surface area contributed by atoms with E-state index in [1.165, 1.54) is 20.6 Å². The maximum Gasteiger partial charge on any atom is -1.00 e. The summed E-state index contributed by atoms with van der Waals surface area (Å²) < 4.78 is 7.72. The van der Waals surface area contributed by atoms with Crippen LogP contribution in [0.2, 0.25) is 19.6 Å². The zero-order valence-corrected chi connectivity index (χ0v) is 18.7. The van der Waals surface area contributed by atoms with E-state index >= 15 is 0 Å². The first kappa shape index (κ1) is 22.8. The molecule has 0 fully saturated rings. The smallest absolute Gasteiger partial charge is 1.00 e. The first-order valence-corrected chi connectivity index (χ1v) is 12.0. The molecule has 1 unspecified atom stereocenters. The van der Waals surface area contributed by atoms with Crippen LogP contribution < -0.4 is 24.8 Å². The maximum absolute atomic E-state index is 6.26. The van der Waals surface area contributed by atoms with E-state index in [0.29, 0.717) is 0 Å². The van der Waals surface area contributed by atoms with Gasteiger partial charge in [-0.1, -0.05) is 0 Å². The van der Waals surface area contributed by atoms with Crippen LogP contribution in [0.5, 0.6) is 0 Å². The van der Waals surface area contributed by atoms with Gasteiger partial charge in [0.15, 0.2) is 0 Å². The van der Waals surface area contributed by atoms with Crippen LogP contribution in [0.4, 0.5) is 0 Å². The summed E-state index contributed by atoms with van der Waals surface area (Å²) in [4.78, 5) is 0. The molecule has 0 aromatic heterocycles. The second-order valence-electron chi connectivity index (χ2n) is 6.58. The SMILES string of the molecule is CC1=CCC(SO[Si](C)(C)C)(C2=[C]([Ti+2])CC=C2)C(C)=C1.[Cl-].[Cl-]. The van der Waals surface area contributed by atoms with Crippen LogP contribution in [0.25, 0.3) is 0 Å². The zero-order valence-electron chi connectivity index (χ0n) is 13.8. The minimum Gasteiger partial charge on any atom is -1.00 e. The van der Waals surface area contributed by atoms with E-state index in [-0.39, 0.29) is 29.6 Å². The van der Waals surface area contributed by atoms with Crippen molar-refractivity contribution in [3.63, 3.8) is 0 Å². The van der Waals surface area contributed by atoms with Gasteiger partial charge in [-0.2, -0.15) is 0 Å². The first-order chi connectivity index (χ1) is 9.24. The van der Waals surface area contributed by atoms with Gasteiger partial charge in [0.1, 0.15) is 0 Å². The van der Waals surface area contributed by atoms with E-state index in [0.717, 1.165) is 12.8 Å². The second-order valence-corrected chi connectivity index (χ2v) is 13.3. The Morgan fingerprint density at radius 2 is 1.86 bits per heavy atom.